The molecular weight excluding hydrogens is 396 g/mol. The van der Waals surface area contributed by atoms with Crippen LogP contribution in [0.4, 0.5) is 0 Å². The van der Waals surface area contributed by atoms with Gasteiger partial charge in [-0.1, -0.05) is 0 Å². The maximum absolute atomic E-state index is 12.4. The Morgan fingerprint density at radius 2 is 2.03 bits per heavy atom. The molecule has 9 nitrogen and oxygen atoms in total. The topological polar surface area (TPSA) is 105 Å². The van der Waals surface area contributed by atoms with Gasteiger partial charge in [0.15, 0.2) is 5.82 Å². The molecule has 4 rings (SSSR count). The minimum Gasteiger partial charge on any atom is -0.493 e. The molecule has 3 aromatic rings. The molecule has 0 spiro atoms. The fourth-order valence-corrected chi connectivity index (χ4v) is 3.66. The van der Waals surface area contributed by atoms with Gasteiger partial charge in [0.1, 0.15) is 0 Å². The largest absolute Gasteiger partial charge is 0.493 e. The van der Waals surface area contributed by atoms with E-state index in [1.165, 1.54) is 30.8 Å². The van der Waals surface area contributed by atoms with E-state index in [2.05, 4.69) is 25.3 Å². The summed E-state index contributed by atoms with van der Waals surface area (Å²) in [5.41, 5.74) is 1.72. The molecule has 0 unspecified atom stereocenters. The summed E-state index contributed by atoms with van der Waals surface area (Å²) in [6.07, 6.45) is 8.11. The quantitative estimate of drug-likeness (QED) is 0.537. The molecule has 9 heteroatoms. The van der Waals surface area contributed by atoms with Crippen LogP contribution in [-0.4, -0.2) is 69.0 Å². The van der Waals surface area contributed by atoms with Crippen molar-refractivity contribution in [1.29, 1.82) is 0 Å². The van der Waals surface area contributed by atoms with Gasteiger partial charge in [0.05, 0.1) is 24.4 Å². The second-order valence-electron chi connectivity index (χ2n) is 7.44. The highest BCUT2D eigenvalue weighted by atomic mass is 16.5. The number of hydrogen-bond acceptors (Lipinski definition) is 7. The van der Waals surface area contributed by atoms with Gasteiger partial charge in [-0.05, 0) is 62.7 Å². The van der Waals surface area contributed by atoms with E-state index in [1.54, 1.807) is 36.7 Å². The third-order valence-corrected chi connectivity index (χ3v) is 5.36. The summed E-state index contributed by atoms with van der Waals surface area (Å²) in [6, 6.07) is 6.80. The smallest absolute Gasteiger partial charge is 0.252 e. The number of ether oxygens (including phenoxy) is 1. The monoisotopic (exact) mass is 422 g/mol. The van der Waals surface area contributed by atoms with Gasteiger partial charge in [0, 0.05) is 25.0 Å². The number of rotatable bonds is 8. The number of methoxy groups -OCH3 is 1. The second-order valence-corrected chi connectivity index (χ2v) is 7.44. The Balaban J connectivity index is 1.38. The van der Waals surface area contributed by atoms with Crippen LogP contribution >= 0.6 is 0 Å². The van der Waals surface area contributed by atoms with E-state index in [1.807, 2.05) is 0 Å². The van der Waals surface area contributed by atoms with E-state index >= 15 is 0 Å². The van der Waals surface area contributed by atoms with Crippen molar-refractivity contribution in [3.63, 3.8) is 0 Å². The third kappa shape index (κ3) is 4.83. The normalized spacial score (nSPS) is 14.0. The van der Waals surface area contributed by atoms with Crippen molar-refractivity contribution in [2.75, 3.05) is 33.3 Å². The van der Waals surface area contributed by atoms with Crippen molar-refractivity contribution in [3.8, 4) is 28.7 Å². The van der Waals surface area contributed by atoms with E-state index in [9.17, 15) is 9.90 Å². The Hall–Kier alpha value is -3.46. The Labute approximate surface area is 180 Å². The first-order valence-corrected chi connectivity index (χ1v) is 10.4. The van der Waals surface area contributed by atoms with Gasteiger partial charge < -0.3 is 20.1 Å². The summed E-state index contributed by atoms with van der Waals surface area (Å²) in [6.45, 7) is 3.98. The summed E-state index contributed by atoms with van der Waals surface area (Å²) in [5.74, 6) is 0.642. The van der Waals surface area contributed by atoms with Crippen molar-refractivity contribution >= 4 is 5.91 Å². The number of nitrogens with one attached hydrogen (secondary N) is 1. The van der Waals surface area contributed by atoms with Crippen LogP contribution in [0.25, 0.3) is 16.9 Å². The lowest BCUT2D eigenvalue weighted by atomic mass is 10.1. The number of pyridine rings is 2. The van der Waals surface area contributed by atoms with Gasteiger partial charge in [0.2, 0.25) is 11.8 Å². The molecule has 1 saturated heterocycles. The average molecular weight is 422 g/mol. The highest BCUT2D eigenvalue weighted by Gasteiger charge is 2.16. The Morgan fingerprint density at radius 1 is 1.19 bits per heavy atom. The van der Waals surface area contributed by atoms with E-state index in [0.29, 0.717) is 29.4 Å². The average Bonchev–Trinajstić information content (AvgIpc) is 3.46. The lowest BCUT2D eigenvalue weighted by molar-refractivity contribution is 0.0951. The maximum Gasteiger partial charge on any atom is 0.252 e. The molecular formula is C22H26N6O3. The minimum atomic E-state index is -0.158. The van der Waals surface area contributed by atoms with E-state index in [-0.39, 0.29) is 11.8 Å². The molecule has 1 amide bonds. The van der Waals surface area contributed by atoms with Crippen LogP contribution in [0.3, 0.4) is 0 Å². The summed E-state index contributed by atoms with van der Waals surface area (Å²) in [4.78, 5) is 23.1. The number of hydrogen-bond donors (Lipinski definition) is 2. The molecule has 0 saturated carbocycles. The molecule has 1 aliphatic heterocycles. The zero-order chi connectivity index (χ0) is 21.6. The van der Waals surface area contributed by atoms with Gasteiger partial charge in [-0.2, -0.15) is 9.78 Å². The molecule has 0 atom stereocenters. The highest BCUT2D eigenvalue weighted by Crippen LogP contribution is 2.31. The maximum atomic E-state index is 12.4. The van der Waals surface area contributed by atoms with Crippen LogP contribution in [0.15, 0.2) is 42.9 Å². The Morgan fingerprint density at radius 3 is 2.77 bits per heavy atom. The standard InChI is InChI=1S/C22H26N6O3/c1-31-20-13-16(7-9-23-20)18-15-26-28(22(18)30)19-6-5-17(14-25-19)21(29)24-8-4-12-27-10-2-3-11-27/h5-7,9,13-15,30H,2-4,8,10-12H2,1H3,(H,24,29). The van der Waals surface area contributed by atoms with Gasteiger partial charge >= 0.3 is 0 Å². The zero-order valence-corrected chi connectivity index (χ0v) is 17.5. The predicted octanol–water partition coefficient (Wildman–Crippen LogP) is 2.26. The fourth-order valence-electron chi connectivity index (χ4n) is 3.66. The first kappa shape index (κ1) is 20.8. The van der Waals surface area contributed by atoms with Gasteiger partial charge in [0.25, 0.3) is 5.91 Å². The molecule has 0 aliphatic carbocycles. The predicted molar refractivity (Wildman–Crippen MR) is 115 cm³/mol. The van der Waals surface area contributed by atoms with Crippen LogP contribution in [0, 0.1) is 0 Å². The van der Waals surface area contributed by atoms with Gasteiger partial charge in [-0.25, -0.2) is 9.97 Å². The van der Waals surface area contributed by atoms with Crippen LogP contribution in [-0.2, 0) is 0 Å². The van der Waals surface area contributed by atoms with Crippen LogP contribution < -0.4 is 10.1 Å². The van der Waals surface area contributed by atoms with Crippen molar-refractivity contribution < 1.29 is 14.6 Å². The molecule has 0 bridgehead atoms. The molecule has 4 heterocycles. The molecule has 31 heavy (non-hydrogen) atoms. The third-order valence-electron chi connectivity index (χ3n) is 5.36. The number of amides is 1. The summed E-state index contributed by atoms with van der Waals surface area (Å²) in [5, 5.41) is 17.8. The Kier molecular flexibility index (Phi) is 6.42. The van der Waals surface area contributed by atoms with Crippen molar-refractivity contribution in [2.45, 2.75) is 19.3 Å². The fraction of sp³-hybridized carbons (Fsp3) is 0.364. The first-order valence-electron chi connectivity index (χ1n) is 10.4. The minimum absolute atomic E-state index is 0.0557. The van der Waals surface area contributed by atoms with Crippen molar-refractivity contribution in [3.05, 3.63) is 48.4 Å². The number of likely N-dealkylation sites (tertiary alicyclic amines) is 1. The first-order chi connectivity index (χ1) is 15.2. The summed E-state index contributed by atoms with van der Waals surface area (Å²) in [7, 11) is 1.53. The van der Waals surface area contributed by atoms with Crippen LogP contribution in [0.2, 0.25) is 0 Å². The summed E-state index contributed by atoms with van der Waals surface area (Å²) >= 11 is 0. The SMILES string of the molecule is COc1cc(-c2cnn(-c3ccc(C(=O)NCCCN4CCCC4)cn3)c2O)ccn1. The number of aromatic hydroxyl groups is 1. The Bertz CT molecular complexity index is 1030. The number of aromatic nitrogens is 4. The van der Waals surface area contributed by atoms with Crippen molar-refractivity contribution in [2.24, 2.45) is 0 Å². The lowest BCUT2D eigenvalue weighted by Gasteiger charge is -2.14. The molecule has 1 aliphatic rings. The van der Waals surface area contributed by atoms with E-state index < -0.39 is 0 Å². The number of carbonyl (C=O) groups excluding carboxylic acids is 1. The van der Waals surface area contributed by atoms with Crippen LogP contribution in [0.5, 0.6) is 11.8 Å². The second kappa shape index (κ2) is 9.57. The summed E-state index contributed by atoms with van der Waals surface area (Å²) < 4.78 is 6.45. The lowest BCUT2D eigenvalue weighted by Crippen LogP contribution is -2.28. The van der Waals surface area contributed by atoms with Crippen LogP contribution in [0.1, 0.15) is 29.6 Å². The number of nitrogens with zero attached hydrogens (tertiary/aromatic N) is 5. The van der Waals surface area contributed by atoms with Gasteiger partial charge in [-0.15, -0.1) is 0 Å². The van der Waals surface area contributed by atoms with Gasteiger partial charge in [-0.3, -0.25) is 4.79 Å². The molecule has 1 fully saturated rings. The van der Waals surface area contributed by atoms with E-state index in [4.69, 9.17) is 4.74 Å². The molecule has 0 aromatic carbocycles. The van der Waals surface area contributed by atoms with Crippen molar-refractivity contribution in [1.82, 2.24) is 30.0 Å². The zero-order valence-electron chi connectivity index (χ0n) is 17.5. The molecule has 162 valence electrons. The number of carbonyl (C=O) groups is 1. The molecule has 0 radical (unpaired) electrons. The molecule has 2 N–H and O–H groups in total. The molecule has 3 aromatic heterocycles. The van der Waals surface area contributed by atoms with E-state index in [0.717, 1.165) is 31.6 Å². The highest BCUT2D eigenvalue weighted by molar-refractivity contribution is 5.93.